The number of hydrogen-bond acceptors (Lipinski definition) is 3. The predicted octanol–water partition coefficient (Wildman–Crippen LogP) is 4.66. The molecule has 0 radical (unpaired) electrons. The number of Topliss-reactive ketones (excluding diaryl/α,β-unsaturated/α-hetero) is 1. The molecule has 0 aliphatic rings. The fourth-order valence-corrected chi connectivity index (χ4v) is 3.12. The first-order valence-corrected chi connectivity index (χ1v) is 7.90. The van der Waals surface area contributed by atoms with Gasteiger partial charge in [0.05, 0.1) is 16.3 Å². The number of fused-ring (bicyclic) bond motifs is 1. The van der Waals surface area contributed by atoms with Gasteiger partial charge in [0.25, 0.3) is 0 Å². The first-order chi connectivity index (χ1) is 10.6. The number of thioether (sulfide) groups is 1. The molecule has 0 saturated carbocycles. The summed E-state index contributed by atoms with van der Waals surface area (Å²) in [5, 5.41) is 1.95. The number of carbonyl (C=O) groups excluding carboxylic acids is 1. The highest BCUT2D eigenvalue weighted by molar-refractivity contribution is 7.99. The standard InChI is InChI=1S/C18H14FNOS/c1-12-10-18(20-16-5-3-2-4-15(12)16)22-11-17(21)13-6-8-14(19)9-7-13/h2-10H,11H2,1H3. The van der Waals surface area contributed by atoms with Crippen molar-refractivity contribution in [3.63, 3.8) is 0 Å². The van der Waals surface area contributed by atoms with Gasteiger partial charge in [-0.05, 0) is 48.9 Å². The molecule has 2 nitrogen and oxygen atoms in total. The maximum absolute atomic E-state index is 12.9. The molecule has 3 rings (SSSR count). The Bertz CT molecular complexity index is 830. The molecule has 3 aromatic rings. The van der Waals surface area contributed by atoms with E-state index < -0.39 is 0 Å². The summed E-state index contributed by atoms with van der Waals surface area (Å²) in [7, 11) is 0. The number of para-hydroxylation sites is 1. The topological polar surface area (TPSA) is 30.0 Å². The molecule has 0 saturated heterocycles. The molecule has 110 valence electrons. The first-order valence-electron chi connectivity index (χ1n) is 6.91. The smallest absolute Gasteiger partial charge is 0.173 e. The maximum Gasteiger partial charge on any atom is 0.173 e. The second-order valence-corrected chi connectivity index (χ2v) is 6.01. The van der Waals surface area contributed by atoms with Gasteiger partial charge in [-0.1, -0.05) is 30.0 Å². The molecule has 4 heteroatoms. The summed E-state index contributed by atoms with van der Waals surface area (Å²) in [6.07, 6.45) is 0. The van der Waals surface area contributed by atoms with Crippen LogP contribution in [0, 0.1) is 12.7 Å². The highest BCUT2D eigenvalue weighted by atomic mass is 32.2. The van der Waals surface area contributed by atoms with Gasteiger partial charge in [-0.2, -0.15) is 0 Å². The molecule has 0 aliphatic carbocycles. The highest BCUT2D eigenvalue weighted by Gasteiger charge is 2.09. The van der Waals surface area contributed by atoms with Crippen molar-refractivity contribution in [3.05, 3.63) is 71.5 Å². The summed E-state index contributed by atoms with van der Waals surface area (Å²) in [6.45, 7) is 2.04. The van der Waals surface area contributed by atoms with Gasteiger partial charge in [0.1, 0.15) is 5.82 Å². The van der Waals surface area contributed by atoms with Crippen LogP contribution in [-0.2, 0) is 0 Å². The van der Waals surface area contributed by atoms with Crippen molar-refractivity contribution < 1.29 is 9.18 Å². The van der Waals surface area contributed by atoms with Gasteiger partial charge in [-0.15, -0.1) is 0 Å². The van der Waals surface area contributed by atoms with E-state index in [1.165, 1.54) is 36.0 Å². The van der Waals surface area contributed by atoms with Crippen LogP contribution in [0.2, 0.25) is 0 Å². The third-order valence-corrected chi connectivity index (χ3v) is 4.33. The minimum absolute atomic E-state index is 0.0300. The average molecular weight is 311 g/mol. The molecular formula is C18H14FNOS. The number of nitrogens with zero attached hydrogens (tertiary/aromatic N) is 1. The monoisotopic (exact) mass is 311 g/mol. The van der Waals surface area contributed by atoms with Crippen LogP contribution in [0.3, 0.4) is 0 Å². The fourth-order valence-electron chi connectivity index (χ4n) is 2.25. The molecule has 0 unspecified atom stereocenters. The lowest BCUT2D eigenvalue weighted by Crippen LogP contribution is -2.02. The van der Waals surface area contributed by atoms with Crippen molar-refractivity contribution in [3.8, 4) is 0 Å². The van der Waals surface area contributed by atoms with Crippen LogP contribution in [0.5, 0.6) is 0 Å². The van der Waals surface area contributed by atoms with E-state index in [-0.39, 0.29) is 17.4 Å². The van der Waals surface area contributed by atoms with Crippen molar-refractivity contribution in [2.24, 2.45) is 0 Å². The van der Waals surface area contributed by atoms with Gasteiger partial charge >= 0.3 is 0 Å². The minimum Gasteiger partial charge on any atom is -0.293 e. The van der Waals surface area contributed by atoms with Crippen molar-refractivity contribution in [2.75, 3.05) is 5.75 Å². The van der Waals surface area contributed by atoms with Crippen LogP contribution < -0.4 is 0 Å². The summed E-state index contributed by atoms with van der Waals surface area (Å²) in [4.78, 5) is 16.7. The Morgan fingerprint density at radius 2 is 1.86 bits per heavy atom. The Morgan fingerprint density at radius 1 is 1.14 bits per heavy atom. The SMILES string of the molecule is Cc1cc(SCC(=O)c2ccc(F)cc2)nc2ccccc12. The van der Waals surface area contributed by atoms with Crippen molar-refractivity contribution >= 4 is 28.4 Å². The second kappa shape index (κ2) is 6.28. The van der Waals surface area contributed by atoms with Crippen molar-refractivity contribution in [1.29, 1.82) is 0 Å². The van der Waals surface area contributed by atoms with Crippen molar-refractivity contribution in [1.82, 2.24) is 4.98 Å². The molecule has 2 aromatic carbocycles. The van der Waals surface area contributed by atoms with E-state index >= 15 is 0 Å². The van der Waals surface area contributed by atoms with E-state index in [1.54, 1.807) is 0 Å². The number of carbonyl (C=O) groups is 1. The van der Waals surface area contributed by atoms with Crippen LogP contribution >= 0.6 is 11.8 Å². The van der Waals surface area contributed by atoms with Crippen LogP contribution in [0.25, 0.3) is 10.9 Å². The molecule has 1 heterocycles. The molecule has 0 atom stereocenters. The number of benzene rings is 2. The Morgan fingerprint density at radius 3 is 2.64 bits per heavy atom. The number of aromatic nitrogens is 1. The zero-order chi connectivity index (χ0) is 15.5. The van der Waals surface area contributed by atoms with Crippen LogP contribution in [-0.4, -0.2) is 16.5 Å². The third-order valence-electron chi connectivity index (χ3n) is 3.42. The van der Waals surface area contributed by atoms with Crippen LogP contribution in [0.1, 0.15) is 15.9 Å². The zero-order valence-corrected chi connectivity index (χ0v) is 12.9. The number of pyridine rings is 1. The van der Waals surface area contributed by atoms with E-state index in [1.807, 2.05) is 37.3 Å². The van der Waals surface area contributed by atoms with E-state index in [2.05, 4.69) is 4.98 Å². The number of aryl methyl sites for hydroxylation is 1. The molecule has 0 amide bonds. The molecule has 0 aliphatic heterocycles. The van der Waals surface area contributed by atoms with Crippen molar-refractivity contribution in [2.45, 2.75) is 11.9 Å². The third kappa shape index (κ3) is 3.17. The summed E-state index contributed by atoms with van der Waals surface area (Å²) < 4.78 is 12.9. The largest absolute Gasteiger partial charge is 0.293 e. The highest BCUT2D eigenvalue weighted by Crippen LogP contribution is 2.24. The second-order valence-electron chi connectivity index (χ2n) is 5.01. The summed E-state index contributed by atoms with van der Waals surface area (Å²) in [6, 6.07) is 15.6. The lowest BCUT2D eigenvalue weighted by molar-refractivity contribution is 0.102. The normalized spacial score (nSPS) is 10.8. The number of hydrogen-bond donors (Lipinski definition) is 0. The van der Waals surface area contributed by atoms with Gasteiger partial charge in [-0.3, -0.25) is 4.79 Å². The first kappa shape index (κ1) is 14.7. The number of rotatable bonds is 4. The van der Waals surface area contributed by atoms with Gasteiger partial charge in [0.2, 0.25) is 0 Å². The molecule has 22 heavy (non-hydrogen) atoms. The summed E-state index contributed by atoms with van der Waals surface area (Å²) in [5.74, 6) is -0.0789. The number of halogens is 1. The van der Waals surface area contributed by atoms with Gasteiger partial charge in [0, 0.05) is 10.9 Å². The van der Waals surface area contributed by atoms with Gasteiger partial charge < -0.3 is 0 Å². The Labute approximate surface area is 132 Å². The minimum atomic E-state index is -0.337. The van der Waals surface area contributed by atoms with Gasteiger partial charge in [-0.25, -0.2) is 9.37 Å². The lowest BCUT2D eigenvalue weighted by atomic mass is 10.1. The summed E-state index contributed by atoms with van der Waals surface area (Å²) in [5.41, 5.74) is 2.59. The Balaban J connectivity index is 1.76. The van der Waals surface area contributed by atoms with E-state index in [0.717, 1.165) is 21.5 Å². The van der Waals surface area contributed by atoms with Gasteiger partial charge in [0.15, 0.2) is 5.78 Å². The molecule has 0 bridgehead atoms. The lowest BCUT2D eigenvalue weighted by Gasteiger charge is -2.06. The Hall–Kier alpha value is -2.20. The molecule has 1 aromatic heterocycles. The molecule has 0 spiro atoms. The van der Waals surface area contributed by atoms with Crippen LogP contribution in [0.15, 0.2) is 59.6 Å². The average Bonchev–Trinajstić information content (AvgIpc) is 2.53. The Kier molecular flexibility index (Phi) is 4.20. The van der Waals surface area contributed by atoms with E-state index in [9.17, 15) is 9.18 Å². The van der Waals surface area contributed by atoms with E-state index in [0.29, 0.717) is 5.56 Å². The van der Waals surface area contributed by atoms with Crippen LogP contribution in [0.4, 0.5) is 4.39 Å². The predicted molar refractivity (Wildman–Crippen MR) is 87.9 cm³/mol. The molecule has 0 N–H and O–H groups in total. The van der Waals surface area contributed by atoms with E-state index in [4.69, 9.17) is 0 Å². The fraction of sp³-hybridized carbons (Fsp3) is 0.111. The number of ketones is 1. The zero-order valence-electron chi connectivity index (χ0n) is 12.0. The molecular weight excluding hydrogens is 297 g/mol. The summed E-state index contributed by atoms with van der Waals surface area (Å²) >= 11 is 1.40. The maximum atomic E-state index is 12.9. The quantitative estimate of drug-likeness (QED) is 0.518. The molecule has 0 fully saturated rings.